The van der Waals surface area contributed by atoms with Gasteiger partial charge in [0.15, 0.2) is 0 Å². The first-order chi connectivity index (χ1) is 7.19. The number of ether oxygens (including phenoxy) is 1. The van der Waals surface area contributed by atoms with E-state index in [-0.39, 0.29) is 0 Å². The molecule has 4 heteroatoms. The highest BCUT2D eigenvalue weighted by atomic mass is 16.5. The van der Waals surface area contributed by atoms with Gasteiger partial charge in [-0.1, -0.05) is 12.1 Å². The molecule has 82 valence electrons. The lowest BCUT2D eigenvalue weighted by atomic mass is 10.1. The number of methoxy groups -OCH3 is 1. The molecule has 4 N–H and O–H groups in total. The van der Waals surface area contributed by atoms with Gasteiger partial charge in [-0.05, 0) is 24.1 Å². The lowest BCUT2D eigenvalue weighted by Crippen LogP contribution is -2.17. The number of hydrogen-bond acceptors (Lipinski definition) is 3. The van der Waals surface area contributed by atoms with Crippen LogP contribution in [-0.4, -0.2) is 19.6 Å². The van der Waals surface area contributed by atoms with Crippen molar-refractivity contribution in [1.29, 1.82) is 0 Å². The molecule has 0 bridgehead atoms. The minimum Gasteiger partial charge on any atom is -0.385 e. The lowest BCUT2D eigenvalue weighted by Gasteiger charge is -2.06. The van der Waals surface area contributed by atoms with Gasteiger partial charge in [0.25, 0.3) is 0 Å². The molecular weight excluding hydrogens is 190 g/mol. The number of hydrogen-bond donors (Lipinski definition) is 2. The highest BCUT2D eigenvalue weighted by Gasteiger charge is 2.01. The van der Waals surface area contributed by atoms with Crippen LogP contribution in [0.15, 0.2) is 23.2 Å². The topological polar surface area (TPSA) is 73.6 Å². The highest BCUT2D eigenvalue weighted by molar-refractivity contribution is 5.84. The number of amidine groups is 1. The largest absolute Gasteiger partial charge is 0.385 e. The second kappa shape index (κ2) is 5.48. The van der Waals surface area contributed by atoms with Crippen LogP contribution < -0.4 is 11.5 Å². The van der Waals surface area contributed by atoms with Crippen LogP contribution in [0.25, 0.3) is 0 Å². The van der Waals surface area contributed by atoms with Crippen LogP contribution >= 0.6 is 0 Å². The Hall–Kier alpha value is -1.39. The Labute approximate surface area is 89.9 Å². The van der Waals surface area contributed by atoms with E-state index in [1.807, 2.05) is 25.1 Å². The number of aliphatic imine (C=N–C) groups is 1. The molecule has 0 atom stereocenters. The van der Waals surface area contributed by atoms with Crippen LogP contribution in [-0.2, 0) is 11.3 Å². The molecule has 15 heavy (non-hydrogen) atoms. The van der Waals surface area contributed by atoms with Crippen molar-refractivity contribution in [2.45, 2.75) is 13.5 Å². The van der Waals surface area contributed by atoms with Crippen molar-refractivity contribution < 1.29 is 4.74 Å². The quantitative estimate of drug-likeness (QED) is 0.573. The van der Waals surface area contributed by atoms with E-state index in [4.69, 9.17) is 16.2 Å². The Balaban J connectivity index is 2.99. The molecule has 1 rings (SSSR count). The maximum atomic E-state index is 5.67. The van der Waals surface area contributed by atoms with Crippen molar-refractivity contribution >= 4 is 11.5 Å². The number of nitrogens with two attached hydrogens (primary N) is 2. The summed E-state index contributed by atoms with van der Waals surface area (Å²) in [5, 5.41) is 0. The predicted molar refractivity (Wildman–Crippen MR) is 62.2 cm³/mol. The Kier molecular flexibility index (Phi) is 4.27. The van der Waals surface area contributed by atoms with Crippen molar-refractivity contribution in [1.82, 2.24) is 0 Å². The van der Waals surface area contributed by atoms with E-state index >= 15 is 0 Å². The van der Waals surface area contributed by atoms with Gasteiger partial charge in [0.1, 0.15) is 12.4 Å². The molecule has 0 saturated carbocycles. The Morgan fingerprint density at radius 3 is 2.80 bits per heavy atom. The van der Waals surface area contributed by atoms with Crippen molar-refractivity contribution in [3.8, 4) is 0 Å². The standard InChI is InChI=1S/C11H17N3O/c1-8-9(6-12)4-3-5-10(8)14-11(13)7-15-2/h3-5H,6-7,12H2,1-2H3,(H2,13,14). The molecule has 1 aromatic carbocycles. The SMILES string of the molecule is COCC(N)=Nc1cccc(CN)c1C. The monoisotopic (exact) mass is 207 g/mol. The summed E-state index contributed by atoms with van der Waals surface area (Å²) in [4.78, 5) is 4.27. The van der Waals surface area contributed by atoms with Crippen molar-refractivity contribution in [2.75, 3.05) is 13.7 Å². The van der Waals surface area contributed by atoms with Crippen LogP contribution in [0.4, 0.5) is 5.69 Å². The van der Waals surface area contributed by atoms with Crippen molar-refractivity contribution in [2.24, 2.45) is 16.5 Å². The van der Waals surface area contributed by atoms with Gasteiger partial charge in [0.2, 0.25) is 0 Å². The van der Waals surface area contributed by atoms with Crippen molar-refractivity contribution in [3.63, 3.8) is 0 Å². The number of rotatable bonds is 4. The maximum Gasteiger partial charge on any atom is 0.126 e. The summed E-state index contributed by atoms with van der Waals surface area (Å²) in [6.07, 6.45) is 0. The minimum atomic E-state index is 0.340. The molecule has 1 aromatic rings. The van der Waals surface area contributed by atoms with Crippen molar-refractivity contribution in [3.05, 3.63) is 29.3 Å². The first kappa shape index (κ1) is 11.7. The number of benzene rings is 1. The molecular formula is C11H17N3O. The van der Waals surface area contributed by atoms with E-state index in [0.29, 0.717) is 19.0 Å². The Bertz CT molecular complexity index is 361. The van der Waals surface area contributed by atoms with Gasteiger partial charge in [0.05, 0.1) is 5.69 Å². The summed E-state index contributed by atoms with van der Waals surface area (Å²) in [6, 6.07) is 5.83. The third kappa shape index (κ3) is 3.04. The molecule has 0 heterocycles. The molecule has 0 amide bonds. The molecule has 0 aliphatic rings. The lowest BCUT2D eigenvalue weighted by molar-refractivity contribution is 0.244. The molecule has 0 unspecified atom stereocenters. The molecule has 0 aliphatic carbocycles. The predicted octanol–water partition coefficient (Wildman–Crippen LogP) is 1.09. The summed E-state index contributed by atoms with van der Waals surface area (Å²) >= 11 is 0. The second-order valence-corrected chi connectivity index (χ2v) is 3.30. The average molecular weight is 207 g/mol. The maximum absolute atomic E-state index is 5.67. The van der Waals surface area contributed by atoms with Gasteiger partial charge >= 0.3 is 0 Å². The van der Waals surface area contributed by atoms with Gasteiger partial charge < -0.3 is 16.2 Å². The molecule has 0 aromatic heterocycles. The first-order valence-corrected chi connectivity index (χ1v) is 4.79. The molecule has 0 radical (unpaired) electrons. The fraction of sp³-hybridized carbons (Fsp3) is 0.364. The number of nitrogens with zero attached hydrogens (tertiary/aromatic N) is 1. The Morgan fingerprint density at radius 2 is 2.20 bits per heavy atom. The van der Waals surface area contributed by atoms with E-state index < -0.39 is 0 Å². The van der Waals surface area contributed by atoms with Gasteiger partial charge in [-0.15, -0.1) is 0 Å². The molecule has 0 saturated heterocycles. The van der Waals surface area contributed by atoms with E-state index in [0.717, 1.165) is 16.8 Å². The van der Waals surface area contributed by atoms with Gasteiger partial charge in [0, 0.05) is 13.7 Å². The van der Waals surface area contributed by atoms with E-state index in [1.54, 1.807) is 7.11 Å². The van der Waals surface area contributed by atoms with Crippen LogP contribution in [0.2, 0.25) is 0 Å². The summed E-state index contributed by atoms with van der Waals surface area (Å²) in [5.74, 6) is 0.467. The smallest absolute Gasteiger partial charge is 0.126 e. The van der Waals surface area contributed by atoms with Gasteiger partial charge in [-0.2, -0.15) is 0 Å². The zero-order valence-electron chi connectivity index (χ0n) is 9.16. The highest BCUT2D eigenvalue weighted by Crippen LogP contribution is 2.21. The minimum absolute atomic E-state index is 0.340. The second-order valence-electron chi connectivity index (χ2n) is 3.30. The molecule has 0 spiro atoms. The van der Waals surface area contributed by atoms with Crippen LogP contribution in [0, 0.1) is 6.92 Å². The van der Waals surface area contributed by atoms with Crippen LogP contribution in [0.1, 0.15) is 11.1 Å². The third-order valence-electron chi connectivity index (χ3n) is 2.19. The summed E-state index contributed by atoms with van der Waals surface area (Å²) in [7, 11) is 1.59. The van der Waals surface area contributed by atoms with E-state index in [9.17, 15) is 0 Å². The molecule has 4 nitrogen and oxygen atoms in total. The fourth-order valence-electron chi connectivity index (χ4n) is 1.35. The summed E-state index contributed by atoms with van der Waals surface area (Å²) in [6.45, 7) is 2.84. The summed E-state index contributed by atoms with van der Waals surface area (Å²) < 4.78 is 4.89. The average Bonchev–Trinajstić information content (AvgIpc) is 2.21. The fourth-order valence-corrected chi connectivity index (χ4v) is 1.35. The normalized spacial score (nSPS) is 11.8. The molecule has 0 fully saturated rings. The molecule has 0 aliphatic heterocycles. The zero-order valence-corrected chi connectivity index (χ0v) is 9.16. The van der Waals surface area contributed by atoms with Gasteiger partial charge in [-0.3, -0.25) is 0 Å². The first-order valence-electron chi connectivity index (χ1n) is 4.79. The Morgan fingerprint density at radius 1 is 1.47 bits per heavy atom. The zero-order chi connectivity index (χ0) is 11.3. The van der Waals surface area contributed by atoms with Gasteiger partial charge in [-0.25, -0.2) is 4.99 Å². The van der Waals surface area contributed by atoms with Crippen LogP contribution in [0.5, 0.6) is 0 Å². The summed E-state index contributed by atoms with van der Waals surface area (Å²) in [5.41, 5.74) is 14.3. The van der Waals surface area contributed by atoms with Crippen LogP contribution in [0.3, 0.4) is 0 Å². The third-order valence-corrected chi connectivity index (χ3v) is 2.19. The van der Waals surface area contributed by atoms with E-state index in [2.05, 4.69) is 4.99 Å². The van der Waals surface area contributed by atoms with E-state index in [1.165, 1.54) is 0 Å².